The lowest BCUT2D eigenvalue weighted by Crippen LogP contribution is -2.49. The number of ether oxygens (including phenoxy) is 1. The van der Waals surface area contributed by atoms with Crippen molar-refractivity contribution in [1.29, 1.82) is 0 Å². The van der Waals surface area contributed by atoms with E-state index < -0.39 is 101 Å². The molecule has 1 aliphatic rings. The Labute approximate surface area is 338 Å². The van der Waals surface area contributed by atoms with Gasteiger partial charge in [0, 0.05) is 37.5 Å². The summed E-state index contributed by atoms with van der Waals surface area (Å²) in [4.78, 5) is 41.8. The molecule has 0 radical (unpaired) electrons. The molecule has 18 heteroatoms. The van der Waals surface area contributed by atoms with Crippen LogP contribution in [0.3, 0.4) is 0 Å². The number of nitrogens with zero attached hydrogens (tertiary/aromatic N) is 2. The van der Waals surface area contributed by atoms with Gasteiger partial charge < -0.3 is 14.6 Å². The number of esters is 1. The van der Waals surface area contributed by atoms with Crippen LogP contribution in [0.5, 0.6) is 0 Å². The molecule has 1 fully saturated rings. The molecular formula is C42H44F11N3O4. The molecule has 7 nitrogen and oxygen atoms in total. The molecule has 2 aromatic carbocycles. The average Bonchev–Trinajstić information content (AvgIpc) is 3.12. The number of rotatable bonds is 18. The average molecular weight is 864 g/mol. The second-order valence-corrected chi connectivity index (χ2v) is 14.5. The van der Waals surface area contributed by atoms with Crippen LogP contribution in [0.15, 0.2) is 66.6 Å². The summed E-state index contributed by atoms with van der Waals surface area (Å²) in [5, 5.41) is 2.29. The van der Waals surface area contributed by atoms with E-state index >= 15 is 4.39 Å². The van der Waals surface area contributed by atoms with Crippen LogP contribution in [-0.2, 0) is 45.7 Å². The van der Waals surface area contributed by atoms with Gasteiger partial charge in [0.1, 0.15) is 18.0 Å². The fourth-order valence-electron chi connectivity index (χ4n) is 7.15. The first-order valence-electron chi connectivity index (χ1n) is 19.0. The highest BCUT2D eigenvalue weighted by atomic mass is 19.4. The van der Waals surface area contributed by atoms with E-state index in [0.29, 0.717) is 29.9 Å². The molecule has 60 heavy (non-hydrogen) atoms. The number of hydrogen-bond donors (Lipinski definition) is 1. The van der Waals surface area contributed by atoms with Crippen LogP contribution < -0.4 is 10.9 Å². The summed E-state index contributed by atoms with van der Waals surface area (Å²) in [5.74, 6) is -4.30. The number of hydrogen-bond acceptors (Lipinski definition) is 5. The Morgan fingerprint density at radius 2 is 1.57 bits per heavy atom. The minimum Gasteiger partial charge on any atom is -0.466 e. The van der Waals surface area contributed by atoms with Crippen molar-refractivity contribution in [3.8, 4) is 11.1 Å². The monoisotopic (exact) mass is 863 g/mol. The van der Waals surface area contributed by atoms with Crippen LogP contribution in [0.4, 0.5) is 48.3 Å². The third kappa shape index (κ3) is 11.8. The lowest BCUT2D eigenvalue weighted by atomic mass is 9.87. The number of unbranched alkanes of at least 4 members (excludes halogenated alkanes) is 2. The number of likely N-dealkylation sites (tertiary alicyclic amines) is 1. The predicted octanol–water partition coefficient (Wildman–Crippen LogP) is 10.0. The number of pyridine rings is 1. The minimum absolute atomic E-state index is 0.00908. The molecule has 4 rings (SSSR count). The largest absolute Gasteiger partial charge is 0.466 e. The van der Waals surface area contributed by atoms with Crippen LogP contribution >= 0.6 is 0 Å². The van der Waals surface area contributed by atoms with E-state index in [1.165, 1.54) is 18.7 Å². The van der Waals surface area contributed by atoms with E-state index in [9.17, 15) is 58.3 Å². The molecule has 1 amide bonds. The zero-order chi connectivity index (χ0) is 44.7. The van der Waals surface area contributed by atoms with Gasteiger partial charge in [0.2, 0.25) is 5.91 Å². The number of aromatic nitrogens is 1. The number of nitrogens with one attached hydrogen (secondary N) is 1. The Hall–Kier alpha value is -5.00. The lowest BCUT2D eigenvalue weighted by Gasteiger charge is -2.34. The second kappa shape index (κ2) is 19.6. The molecule has 2 heterocycles. The molecule has 1 saturated heterocycles. The summed E-state index contributed by atoms with van der Waals surface area (Å²) in [6, 6.07) is -0.644. The van der Waals surface area contributed by atoms with Gasteiger partial charge in [-0.15, -0.1) is 13.2 Å². The van der Waals surface area contributed by atoms with Crippen LogP contribution in [0.1, 0.15) is 90.1 Å². The molecule has 328 valence electrons. The molecule has 1 aromatic heterocycles. The highest BCUT2D eigenvalue weighted by Gasteiger charge is 2.40. The first kappa shape index (κ1) is 47.7. The molecule has 0 aliphatic carbocycles. The summed E-state index contributed by atoms with van der Waals surface area (Å²) in [6.07, 6.45) is -13.4. The van der Waals surface area contributed by atoms with Crippen molar-refractivity contribution in [3.63, 3.8) is 0 Å². The smallest absolute Gasteiger partial charge is 0.419 e. The minimum atomic E-state index is -5.41. The van der Waals surface area contributed by atoms with Crippen molar-refractivity contribution in [1.82, 2.24) is 14.8 Å². The Bertz CT molecular complexity index is 2100. The van der Waals surface area contributed by atoms with Gasteiger partial charge in [0.25, 0.3) is 5.56 Å². The predicted molar refractivity (Wildman–Crippen MR) is 201 cm³/mol. The van der Waals surface area contributed by atoms with Crippen molar-refractivity contribution in [3.05, 3.63) is 117 Å². The second-order valence-electron chi connectivity index (χ2n) is 14.5. The lowest BCUT2D eigenvalue weighted by molar-refractivity contribution is -0.144. The molecule has 1 N–H and O–H groups in total. The van der Waals surface area contributed by atoms with Crippen LogP contribution in [-0.4, -0.2) is 53.8 Å². The maximum Gasteiger partial charge on any atom is 0.419 e. The van der Waals surface area contributed by atoms with Gasteiger partial charge in [-0.2, -0.15) is 39.5 Å². The number of halogens is 11. The fourth-order valence-corrected chi connectivity index (χ4v) is 7.15. The first-order chi connectivity index (χ1) is 28.0. The summed E-state index contributed by atoms with van der Waals surface area (Å²) < 4.78 is 163. The van der Waals surface area contributed by atoms with Gasteiger partial charge >= 0.3 is 24.5 Å². The topological polar surface area (TPSA) is 80.6 Å². The van der Waals surface area contributed by atoms with Gasteiger partial charge in [-0.05, 0) is 104 Å². The van der Waals surface area contributed by atoms with E-state index in [-0.39, 0.29) is 67.4 Å². The van der Waals surface area contributed by atoms with Crippen LogP contribution in [0, 0.1) is 12.7 Å². The van der Waals surface area contributed by atoms with Crippen molar-refractivity contribution in [2.75, 3.05) is 26.2 Å². The molecule has 0 unspecified atom stereocenters. The molecule has 1 aliphatic heterocycles. The molecule has 2 atom stereocenters. The zero-order valence-electron chi connectivity index (χ0n) is 32.7. The molecule has 3 aromatic rings. The Balaban J connectivity index is 1.90. The molecule has 0 saturated carbocycles. The molecular weight excluding hydrogens is 819 g/mol. The standard InChI is InChI=1S/C42H44F11N3O4/c1-5-8-9-10-12-25-16-28(40(45,46)47)15-24(4)37(25)27-17-30(38(44)32(18-27)42(51,52)53)33(20-36(58)60-7-3)54-39(59)34(11-6-2)56-21-26(13-14-55-22-29(43)23-55)31(19-35(56)57)41(48,49)50/h5-6,15-19,21,29,33-34H,1-2,7-14,20,22-23H2,3-4H3,(H,54,59)/t33-,34-/m0/s1. The van der Waals surface area contributed by atoms with E-state index in [2.05, 4.69) is 18.5 Å². The van der Waals surface area contributed by atoms with Gasteiger partial charge in [-0.1, -0.05) is 12.2 Å². The van der Waals surface area contributed by atoms with Gasteiger partial charge in [0.05, 0.1) is 35.8 Å². The van der Waals surface area contributed by atoms with Gasteiger partial charge in [0.15, 0.2) is 0 Å². The number of aryl methyl sites for hydroxylation is 2. The number of amides is 1. The number of carbonyl (C=O) groups excluding carboxylic acids is 2. The fraction of sp³-hybridized carbons (Fsp3) is 0.452. The van der Waals surface area contributed by atoms with E-state index in [1.54, 1.807) is 6.08 Å². The van der Waals surface area contributed by atoms with Crippen molar-refractivity contribution >= 4 is 11.9 Å². The number of allylic oxidation sites excluding steroid dienone is 2. The van der Waals surface area contributed by atoms with Crippen molar-refractivity contribution < 1.29 is 62.6 Å². The molecule has 0 bridgehead atoms. The van der Waals surface area contributed by atoms with E-state index in [0.717, 1.165) is 30.5 Å². The Kier molecular flexibility index (Phi) is 15.6. The van der Waals surface area contributed by atoms with Crippen LogP contribution in [0.2, 0.25) is 0 Å². The van der Waals surface area contributed by atoms with Crippen LogP contribution in [0.25, 0.3) is 11.1 Å². The van der Waals surface area contributed by atoms with E-state index in [4.69, 9.17) is 4.74 Å². The quantitative estimate of drug-likeness (QED) is 0.0597. The SMILES string of the molecule is C=CCCCCc1cc(C(F)(F)F)cc(C)c1-c1cc([C@H](CC(=O)OCC)NC(=O)[C@H](CC=C)n2cc(CCN3CC(F)C3)c(C(F)(F)F)cc2=O)c(F)c(C(F)(F)F)c1. The Morgan fingerprint density at radius 3 is 2.13 bits per heavy atom. The van der Waals surface area contributed by atoms with E-state index in [1.807, 2.05) is 0 Å². The van der Waals surface area contributed by atoms with Crippen molar-refractivity contribution in [2.24, 2.45) is 0 Å². The maximum atomic E-state index is 16.3. The van der Waals surface area contributed by atoms with Gasteiger partial charge in [-0.3, -0.25) is 19.3 Å². The normalized spacial score (nSPS) is 14.9. The molecule has 0 spiro atoms. The summed E-state index contributed by atoms with van der Waals surface area (Å²) in [6.45, 7) is 9.44. The van der Waals surface area contributed by atoms with Gasteiger partial charge in [-0.25, -0.2) is 8.78 Å². The maximum absolute atomic E-state index is 16.3. The summed E-state index contributed by atoms with van der Waals surface area (Å²) >= 11 is 0. The number of benzene rings is 2. The Morgan fingerprint density at radius 1 is 0.900 bits per heavy atom. The summed E-state index contributed by atoms with van der Waals surface area (Å²) in [5.41, 5.74) is -7.51. The zero-order valence-corrected chi connectivity index (χ0v) is 32.7. The third-order valence-corrected chi connectivity index (χ3v) is 10.0. The highest BCUT2D eigenvalue weighted by Crippen LogP contribution is 2.42. The first-order valence-corrected chi connectivity index (χ1v) is 19.0. The third-order valence-electron chi connectivity index (χ3n) is 10.0. The number of alkyl halides is 10. The van der Waals surface area contributed by atoms with Crippen molar-refractivity contribution in [2.45, 2.75) is 95.6 Å². The summed E-state index contributed by atoms with van der Waals surface area (Å²) in [7, 11) is 0. The highest BCUT2D eigenvalue weighted by molar-refractivity contribution is 5.82. The number of carbonyl (C=O) groups is 2.